The van der Waals surface area contributed by atoms with E-state index in [4.69, 9.17) is 19.2 Å². The molecule has 9 heavy (non-hydrogen) atoms. The van der Waals surface area contributed by atoms with E-state index in [1.807, 2.05) is 0 Å². The molecule has 0 radical (unpaired) electrons. The third-order valence-corrected chi connectivity index (χ3v) is 0. The Morgan fingerprint density at radius 1 is 0.889 bits per heavy atom. The molecule has 0 atom stereocenters. The van der Waals surface area contributed by atoms with E-state index in [-0.39, 0.29) is 112 Å². The van der Waals surface area contributed by atoms with Crippen LogP contribution < -0.4 is 0 Å². The fourth-order valence-electron chi connectivity index (χ4n) is 0. The van der Waals surface area contributed by atoms with Crippen molar-refractivity contribution in [1.29, 1.82) is 0 Å². The van der Waals surface area contributed by atoms with Gasteiger partial charge in [0.15, 0.2) is 0 Å². The van der Waals surface area contributed by atoms with Gasteiger partial charge in [0.25, 0.3) is 0 Å². The van der Waals surface area contributed by atoms with Crippen molar-refractivity contribution in [1.82, 2.24) is 0 Å². The van der Waals surface area contributed by atoms with Crippen molar-refractivity contribution in [3.63, 3.8) is 0 Å². The molecule has 0 aliphatic heterocycles. The van der Waals surface area contributed by atoms with Crippen molar-refractivity contribution in [2.24, 2.45) is 0 Å². The summed E-state index contributed by atoms with van der Waals surface area (Å²) in [5.41, 5.74) is 0. The van der Waals surface area contributed by atoms with Gasteiger partial charge in [-0.15, -0.1) is 0 Å². The van der Waals surface area contributed by atoms with Crippen LogP contribution in [0.15, 0.2) is 0 Å². The minimum absolute atomic E-state index is 0. The van der Waals surface area contributed by atoms with E-state index in [0.29, 0.717) is 0 Å². The molecular weight excluding hydrogens is 188 g/mol. The van der Waals surface area contributed by atoms with Crippen LogP contribution in [0, 0.1) is 0 Å². The summed E-state index contributed by atoms with van der Waals surface area (Å²) in [7, 11) is -4.64. The standard InChI is InChI=1S/Mg.3Na.H3O4P.5H/c;;;;1-5(2,3)4;;;;;/h;;;;(H3,1,2,3,4);;;;;. The van der Waals surface area contributed by atoms with E-state index in [1.165, 1.54) is 0 Å². The second-order valence-corrected chi connectivity index (χ2v) is 1.54. The van der Waals surface area contributed by atoms with Crippen LogP contribution in [0.25, 0.3) is 0 Å². The number of phosphoric acid groups is 1. The molecule has 0 heterocycles. The second kappa shape index (κ2) is 14.4. The van der Waals surface area contributed by atoms with Crippen LogP contribution in [0.5, 0.6) is 0 Å². The van der Waals surface area contributed by atoms with Gasteiger partial charge >= 0.3 is 120 Å². The third kappa shape index (κ3) is 77.1. The normalized spacial score (nSPS) is 6.56. The van der Waals surface area contributed by atoms with Gasteiger partial charge in [-0.05, 0) is 0 Å². The molecule has 0 unspecified atom stereocenters. The third-order valence-electron chi connectivity index (χ3n) is 0. The molecular formula is H8MgNa3O4P. The molecule has 3 N–H and O–H groups in total. The Labute approximate surface area is 136 Å². The van der Waals surface area contributed by atoms with E-state index >= 15 is 0 Å². The first-order valence-corrected chi connectivity index (χ1v) is 2.35. The van der Waals surface area contributed by atoms with Crippen LogP contribution in [-0.2, 0) is 4.57 Å². The fraction of sp³-hybridized carbons (Fsp3) is 0. The van der Waals surface area contributed by atoms with E-state index < -0.39 is 7.82 Å². The number of hydrogen-bond donors (Lipinski definition) is 3. The van der Waals surface area contributed by atoms with Crippen molar-refractivity contribution in [2.45, 2.75) is 0 Å². The molecule has 0 saturated heterocycles. The van der Waals surface area contributed by atoms with Crippen LogP contribution in [0.2, 0.25) is 0 Å². The van der Waals surface area contributed by atoms with Crippen LogP contribution in [0.3, 0.4) is 0 Å². The van der Waals surface area contributed by atoms with Gasteiger partial charge in [-0.25, -0.2) is 4.57 Å². The number of rotatable bonds is 0. The molecule has 0 bridgehead atoms. The topological polar surface area (TPSA) is 77.8 Å². The summed E-state index contributed by atoms with van der Waals surface area (Å²) < 4.78 is 8.88. The Kier molecular flexibility index (Phi) is 46.9. The SMILES string of the molecule is O=P(O)(O)O.[MgH2].[NaH].[NaH].[NaH]. The number of hydrogen-bond acceptors (Lipinski definition) is 1. The van der Waals surface area contributed by atoms with Gasteiger partial charge in [0.05, 0.1) is 0 Å². The maximum atomic E-state index is 8.88. The Hall–Kier alpha value is 3.88. The Balaban J connectivity index is -0.0000000133. The summed E-state index contributed by atoms with van der Waals surface area (Å²) in [6.07, 6.45) is 0. The summed E-state index contributed by atoms with van der Waals surface area (Å²) in [6, 6.07) is 0. The Bertz CT molecular complexity index is 61.9. The summed E-state index contributed by atoms with van der Waals surface area (Å²) in [6.45, 7) is 0. The predicted octanol–water partition coefficient (Wildman–Crippen LogP) is -3.79. The fourth-order valence-corrected chi connectivity index (χ4v) is 0. The summed E-state index contributed by atoms with van der Waals surface area (Å²) in [5, 5.41) is 0. The Morgan fingerprint density at radius 2 is 0.889 bits per heavy atom. The van der Waals surface area contributed by atoms with Crippen LogP contribution in [0.1, 0.15) is 0 Å². The quantitative estimate of drug-likeness (QED) is 0.274. The predicted molar refractivity (Wildman–Crippen MR) is 44.3 cm³/mol. The zero-order valence-corrected chi connectivity index (χ0v) is 3.09. The molecule has 0 saturated carbocycles. The van der Waals surface area contributed by atoms with Gasteiger partial charge in [-0.3, -0.25) is 0 Å². The molecule has 0 fully saturated rings. The maximum absolute atomic E-state index is 8.88. The molecule has 0 amide bonds. The van der Waals surface area contributed by atoms with Crippen molar-refractivity contribution in [2.75, 3.05) is 0 Å². The monoisotopic (exact) mass is 196 g/mol. The summed E-state index contributed by atoms with van der Waals surface area (Å²) >= 11 is 0. The van der Waals surface area contributed by atoms with Gasteiger partial charge in [-0.1, -0.05) is 0 Å². The molecule has 9 heteroatoms. The summed E-state index contributed by atoms with van der Waals surface area (Å²) in [4.78, 5) is 21.6. The van der Waals surface area contributed by atoms with Crippen LogP contribution in [0.4, 0.5) is 0 Å². The van der Waals surface area contributed by atoms with Gasteiger partial charge < -0.3 is 14.7 Å². The average molecular weight is 196 g/mol. The van der Waals surface area contributed by atoms with Gasteiger partial charge in [0, 0.05) is 0 Å². The van der Waals surface area contributed by atoms with Crippen LogP contribution in [-0.4, -0.2) is 126 Å². The first-order valence-electron chi connectivity index (χ1n) is 0.783. The molecule has 0 rings (SSSR count). The molecule has 0 aromatic rings. The van der Waals surface area contributed by atoms with Crippen LogP contribution >= 0.6 is 7.82 Å². The Morgan fingerprint density at radius 3 is 0.889 bits per heavy atom. The van der Waals surface area contributed by atoms with Crippen molar-refractivity contribution < 1.29 is 19.2 Å². The zero-order valence-electron chi connectivity index (χ0n) is 2.20. The van der Waals surface area contributed by atoms with E-state index in [9.17, 15) is 0 Å². The van der Waals surface area contributed by atoms with E-state index in [0.717, 1.165) is 0 Å². The first kappa shape index (κ1) is 29.3. The molecule has 0 aromatic heterocycles. The van der Waals surface area contributed by atoms with E-state index in [2.05, 4.69) is 0 Å². The van der Waals surface area contributed by atoms with Crippen molar-refractivity contribution in [3.8, 4) is 0 Å². The van der Waals surface area contributed by atoms with Gasteiger partial charge in [0.1, 0.15) is 0 Å². The van der Waals surface area contributed by atoms with E-state index in [1.54, 1.807) is 0 Å². The van der Waals surface area contributed by atoms with Gasteiger partial charge in [-0.2, -0.15) is 0 Å². The zero-order chi connectivity index (χ0) is 4.50. The molecule has 0 aliphatic rings. The first-order chi connectivity index (χ1) is 2.00. The van der Waals surface area contributed by atoms with Crippen molar-refractivity contribution in [3.05, 3.63) is 0 Å². The summed E-state index contributed by atoms with van der Waals surface area (Å²) in [5.74, 6) is 0. The molecule has 4 nitrogen and oxygen atoms in total. The molecule has 42 valence electrons. The van der Waals surface area contributed by atoms with Crippen molar-refractivity contribution >= 4 is 120 Å². The second-order valence-electron chi connectivity index (χ2n) is 0.513. The average Bonchev–Trinajstić information content (AvgIpc) is 0.722. The minimum atomic E-state index is -4.64. The molecule has 0 aromatic carbocycles. The molecule has 0 aliphatic carbocycles. The van der Waals surface area contributed by atoms with Gasteiger partial charge in [0.2, 0.25) is 0 Å². The molecule has 0 spiro atoms.